The quantitative estimate of drug-likeness (QED) is 0.779. The molecule has 0 aliphatic carbocycles. The highest BCUT2D eigenvalue weighted by Gasteiger charge is 2.14. The molecule has 0 atom stereocenters. The first-order chi connectivity index (χ1) is 9.00. The van der Waals surface area contributed by atoms with Gasteiger partial charge >= 0.3 is 0 Å². The van der Waals surface area contributed by atoms with Crippen LogP contribution in [0.25, 0.3) is 11.1 Å². The first-order valence-electron chi connectivity index (χ1n) is 5.94. The lowest BCUT2D eigenvalue weighted by Gasteiger charge is -2.08. The number of hydrogen-bond acceptors (Lipinski definition) is 2. The second-order valence-electron chi connectivity index (χ2n) is 4.58. The molecule has 0 spiro atoms. The zero-order valence-corrected chi connectivity index (χ0v) is 11.4. The van der Waals surface area contributed by atoms with Crippen LogP contribution in [0.4, 0.5) is 4.39 Å². The Morgan fingerprint density at radius 3 is 2.74 bits per heavy atom. The summed E-state index contributed by atoms with van der Waals surface area (Å²) < 4.78 is 13.9. The molecule has 1 aromatic heterocycles. The Bertz CT molecular complexity index is 625. The van der Waals surface area contributed by atoms with Gasteiger partial charge in [0.05, 0.1) is 5.02 Å². The summed E-state index contributed by atoms with van der Waals surface area (Å²) in [7, 11) is 0. The van der Waals surface area contributed by atoms with Gasteiger partial charge in [0.25, 0.3) is 0 Å². The molecule has 2 rings (SSSR count). The largest absolute Gasteiger partial charge is 0.294 e. The number of benzene rings is 1. The summed E-state index contributed by atoms with van der Waals surface area (Å²) in [6, 6.07) is 6.40. The minimum absolute atomic E-state index is 0.0169. The fourth-order valence-electron chi connectivity index (χ4n) is 1.78. The zero-order chi connectivity index (χ0) is 14.0. The highest BCUT2D eigenvalue weighted by atomic mass is 35.5. The van der Waals surface area contributed by atoms with Crippen LogP contribution in [0.15, 0.2) is 36.7 Å². The topological polar surface area (TPSA) is 30.0 Å². The Morgan fingerprint density at radius 2 is 2.05 bits per heavy atom. The van der Waals surface area contributed by atoms with Gasteiger partial charge in [-0.25, -0.2) is 4.39 Å². The van der Waals surface area contributed by atoms with Crippen LogP contribution in [-0.2, 0) is 0 Å². The van der Waals surface area contributed by atoms with Gasteiger partial charge < -0.3 is 0 Å². The first kappa shape index (κ1) is 13.7. The summed E-state index contributed by atoms with van der Waals surface area (Å²) in [6.45, 7) is 3.63. The Morgan fingerprint density at radius 1 is 1.32 bits per heavy atom. The zero-order valence-electron chi connectivity index (χ0n) is 10.7. The maximum Gasteiger partial charge on any atom is 0.166 e. The number of carbonyl (C=O) groups excluding carboxylic acids is 1. The number of nitrogens with zero attached hydrogens (tertiary/aromatic N) is 1. The fourth-order valence-corrected chi connectivity index (χ4v) is 1.96. The van der Waals surface area contributed by atoms with Crippen LogP contribution in [0.1, 0.15) is 24.2 Å². The monoisotopic (exact) mass is 277 g/mol. The van der Waals surface area contributed by atoms with E-state index in [1.165, 1.54) is 18.5 Å². The second kappa shape index (κ2) is 5.49. The van der Waals surface area contributed by atoms with Gasteiger partial charge in [0.15, 0.2) is 5.78 Å². The molecule has 2 aromatic rings. The molecule has 2 nitrogen and oxygen atoms in total. The second-order valence-corrected chi connectivity index (χ2v) is 4.99. The summed E-state index contributed by atoms with van der Waals surface area (Å²) in [6.07, 6.45) is 3.01. The van der Waals surface area contributed by atoms with Crippen LogP contribution in [0.2, 0.25) is 5.02 Å². The van der Waals surface area contributed by atoms with Gasteiger partial charge in [-0.05, 0) is 12.1 Å². The van der Waals surface area contributed by atoms with Gasteiger partial charge in [-0.3, -0.25) is 9.78 Å². The Hall–Kier alpha value is -1.74. The van der Waals surface area contributed by atoms with E-state index in [1.54, 1.807) is 18.2 Å². The van der Waals surface area contributed by atoms with Crippen molar-refractivity contribution in [1.29, 1.82) is 0 Å². The molecule has 0 bridgehead atoms. The van der Waals surface area contributed by atoms with Crippen molar-refractivity contribution in [2.75, 3.05) is 0 Å². The number of pyridine rings is 1. The number of rotatable bonds is 3. The molecule has 0 amide bonds. The third-order valence-corrected chi connectivity index (χ3v) is 3.10. The number of hydrogen-bond donors (Lipinski definition) is 0. The first-order valence-corrected chi connectivity index (χ1v) is 6.32. The molecule has 0 radical (unpaired) electrons. The van der Waals surface area contributed by atoms with E-state index in [4.69, 9.17) is 11.6 Å². The normalized spacial score (nSPS) is 10.8. The van der Waals surface area contributed by atoms with Crippen molar-refractivity contribution in [2.45, 2.75) is 13.8 Å². The van der Waals surface area contributed by atoms with E-state index in [1.807, 2.05) is 13.8 Å². The van der Waals surface area contributed by atoms with Crippen LogP contribution in [-0.4, -0.2) is 10.8 Å². The molecule has 1 heterocycles. The molecule has 0 unspecified atom stereocenters. The summed E-state index contributed by atoms with van der Waals surface area (Å²) >= 11 is 5.75. The molecule has 0 saturated carbocycles. The molecular weight excluding hydrogens is 265 g/mol. The van der Waals surface area contributed by atoms with Gasteiger partial charge in [0.2, 0.25) is 0 Å². The van der Waals surface area contributed by atoms with E-state index in [0.29, 0.717) is 16.7 Å². The lowest BCUT2D eigenvalue weighted by atomic mass is 9.99. The van der Waals surface area contributed by atoms with Crippen LogP contribution in [0.5, 0.6) is 0 Å². The van der Waals surface area contributed by atoms with Crippen LogP contribution >= 0.6 is 11.6 Å². The van der Waals surface area contributed by atoms with Crippen molar-refractivity contribution in [3.05, 3.63) is 53.1 Å². The molecular formula is C15H13ClFNO. The van der Waals surface area contributed by atoms with Crippen molar-refractivity contribution in [1.82, 2.24) is 4.98 Å². The summed E-state index contributed by atoms with van der Waals surface area (Å²) in [4.78, 5) is 15.9. The van der Waals surface area contributed by atoms with Crippen molar-refractivity contribution in [3.63, 3.8) is 0 Å². The van der Waals surface area contributed by atoms with Crippen LogP contribution in [0.3, 0.4) is 0 Å². The van der Waals surface area contributed by atoms with E-state index in [2.05, 4.69) is 4.98 Å². The molecule has 0 N–H and O–H groups in total. The van der Waals surface area contributed by atoms with E-state index in [-0.39, 0.29) is 16.7 Å². The number of aromatic nitrogens is 1. The van der Waals surface area contributed by atoms with Gasteiger partial charge in [0.1, 0.15) is 5.82 Å². The maximum absolute atomic E-state index is 13.9. The summed E-state index contributed by atoms with van der Waals surface area (Å²) in [5.41, 5.74) is 1.37. The number of Topliss-reactive ketones (excluding diaryl/α,β-unsaturated/α-hetero) is 1. The van der Waals surface area contributed by atoms with E-state index in [9.17, 15) is 9.18 Å². The van der Waals surface area contributed by atoms with Crippen molar-refractivity contribution >= 4 is 17.4 Å². The number of ketones is 1. The third-order valence-electron chi connectivity index (χ3n) is 2.81. The average molecular weight is 278 g/mol. The molecule has 0 fully saturated rings. The van der Waals surface area contributed by atoms with E-state index in [0.717, 1.165) is 0 Å². The Balaban J connectivity index is 2.49. The Kier molecular flexibility index (Phi) is 3.96. The molecule has 19 heavy (non-hydrogen) atoms. The molecule has 0 aliphatic heterocycles. The smallest absolute Gasteiger partial charge is 0.166 e. The average Bonchev–Trinajstić information content (AvgIpc) is 2.41. The van der Waals surface area contributed by atoms with Crippen molar-refractivity contribution in [3.8, 4) is 11.1 Å². The lowest BCUT2D eigenvalue weighted by Crippen LogP contribution is -2.07. The maximum atomic E-state index is 13.9. The minimum Gasteiger partial charge on any atom is -0.294 e. The molecule has 0 saturated heterocycles. The highest BCUT2D eigenvalue weighted by Crippen LogP contribution is 2.27. The predicted molar refractivity (Wildman–Crippen MR) is 73.8 cm³/mol. The van der Waals surface area contributed by atoms with Gasteiger partial charge in [-0.1, -0.05) is 37.6 Å². The van der Waals surface area contributed by atoms with Gasteiger partial charge in [0, 0.05) is 35.0 Å². The lowest BCUT2D eigenvalue weighted by molar-refractivity contribution is 0.0939. The van der Waals surface area contributed by atoms with E-state index >= 15 is 0 Å². The summed E-state index contributed by atoms with van der Waals surface area (Å²) in [5.74, 6) is -0.641. The number of halogens is 2. The van der Waals surface area contributed by atoms with Gasteiger partial charge in [-0.15, -0.1) is 0 Å². The number of carbonyl (C=O) groups is 1. The van der Waals surface area contributed by atoms with Crippen LogP contribution < -0.4 is 0 Å². The minimum atomic E-state index is -0.500. The van der Waals surface area contributed by atoms with Crippen LogP contribution in [0, 0.1) is 11.7 Å². The molecule has 1 aromatic carbocycles. The molecule has 4 heteroatoms. The fraction of sp³-hybridized carbons (Fsp3) is 0.200. The Labute approximate surface area is 116 Å². The highest BCUT2D eigenvalue weighted by molar-refractivity contribution is 6.31. The third kappa shape index (κ3) is 2.82. The molecule has 98 valence electrons. The van der Waals surface area contributed by atoms with E-state index < -0.39 is 5.82 Å². The predicted octanol–water partition coefficient (Wildman–Crippen LogP) is 4.38. The molecule has 0 aliphatic rings. The standard InChI is InChI=1S/C15H13ClFNO/c1-9(2)15(19)11-6-10(7-18-8-11)12-4-3-5-13(16)14(12)17/h3-9H,1-2H3. The van der Waals surface area contributed by atoms with Crippen molar-refractivity contribution in [2.24, 2.45) is 5.92 Å². The van der Waals surface area contributed by atoms with Gasteiger partial charge in [-0.2, -0.15) is 0 Å². The summed E-state index contributed by atoms with van der Waals surface area (Å²) in [5, 5.41) is 0.0538. The van der Waals surface area contributed by atoms with Crippen molar-refractivity contribution < 1.29 is 9.18 Å². The SMILES string of the molecule is CC(C)C(=O)c1cncc(-c2cccc(Cl)c2F)c1.